The maximum atomic E-state index is 12.1. The molecular formula is C11H16BrNOS. The van der Waals surface area contributed by atoms with E-state index in [9.17, 15) is 4.79 Å². The molecule has 0 N–H and O–H groups in total. The third-order valence-corrected chi connectivity index (χ3v) is 4.53. The van der Waals surface area contributed by atoms with Crippen LogP contribution in [0.25, 0.3) is 0 Å². The van der Waals surface area contributed by atoms with E-state index in [-0.39, 0.29) is 11.9 Å². The van der Waals surface area contributed by atoms with Crippen molar-refractivity contribution in [1.82, 2.24) is 4.90 Å². The van der Waals surface area contributed by atoms with Crippen molar-refractivity contribution in [1.29, 1.82) is 0 Å². The van der Waals surface area contributed by atoms with Crippen LogP contribution in [0.15, 0.2) is 15.9 Å². The smallest absolute Gasteiger partial charge is 0.265 e. The number of carbonyl (C=O) groups excluding carboxylic acids is 1. The molecule has 2 nitrogen and oxygen atoms in total. The summed E-state index contributed by atoms with van der Waals surface area (Å²) in [5.74, 6) is 0.566. The van der Waals surface area contributed by atoms with Gasteiger partial charge in [0.25, 0.3) is 5.91 Å². The van der Waals surface area contributed by atoms with Crippen molar-refractivity contribution in [3.05, 3.63) is 20.8 Å². The summed E-state index contributed by atoms with van der Waals surface area (Å²) in [6, 6.07) is 2.16. The predicted molar refractivity (Wildman–Crippen MR) is 68.4 cm³/mol. The summed E-state index contributed by atoms with van der Waals surface area (Å²) >= 11 is 4.86. The Morgan fingerprint density at radius 1 is 1.47 bits per heavy atom. The number of amides is 1. The van der Waals surface area contributed by atoms with E-state index in [4.69, 9.17) is 0 Å². The average Bonchev–Trinajstić information content (AvgIpc) is 2.60. The second kappa shape index (κ2) is 5.12. The number of halogens is 1. The monoisotopic (exact) mass is 289 g/mol. The number of rotatable bonds is 3. The third-order valence-electron chi connectivity index (χ3n) is 2.71. The first kappa shape index (κ1) is 12.7. The number of hydrogen-bond donors (Lipinski definition) is 0. The minimum absolute atomic E-state index is 0.0954. The van der Waals surface area contributed by atoms with Crippen molar-refractivity contribution < 1.29 is 4.79 Å². The van der Waals surface area contributed by atoms with Gasteiger partial charge in [0.15, 0.2) is 0 Å². The lowest BCUT2D eigenvalue weighted by Gasteiger charge is -2.27. The molecule has 0 saturated heterocycles. The Balaban J connectivity index is 2.82. The van der Waals surface area contributed by atoms with Crippen LogP contribution in [0.3, 0.4) is 0 Å². The molecule has 1 aromatic rings. The van der Waals surface area contributed by atoms with E-state index < -0.39 is 0 Å². The molecule has 0 aliphatic carbocycles. The van der Waals surface area contributed by atoms with E-state index in [1.54, 1.807) is 4.90 Å². The topological polar surface area (TPSA) is 20.3 Å². The molecule has 0 aliphatic rings. The first-order valence-corrected chi connectivity index (χ1v) is 6.62. The Morgan fingerprint density at radius 3 is 2.47 bits per heavy atom. The largest absolute Gasteiger partial charge is 0.338 e. The summed E-state index contributed by atoms with van der Waals surface area (Å²) in [4.78, 5) is 14.7. The maximum absolute atomic E-state index is 12.1. The zero-order chi connectivity index (χ0) is 11.6. The zero-order valence-electron chi connectivity index (χ0n) is 9.45. The molecule has 0 spiro atoms. The van der Waals surface area contributed by atoms with Crippen molar-refractivity contribution in [3.8, 4) is 0 Å². The first-order chi connectivity index (χ1) is 6.95. The number of thiophene rings is 1. The Hall–Kier alpha value is -0.350. The lowest BCUT2D eigenvalue weighted by Crippen LogP contribution is -2.38. The molecule has 4 heteroatoms. The summed E-state index contributed by atoms with van der Waals surface area (Å²) in [7, 11) is 1.86. The molecule has 1 aromatic heterocycles. The van der Waals surface area contributed by atoms with Gasteiger partial charge in [-0.3, -0.25) is 4.79 Å². The van der Waals surface area contributed by atoms with Gasteiger partial charge in [-0.1, -0.05) is 13.8 Å². The Kier molecular flexibility index (Phi) is 4.34. The van der Waals surface area contributed by atoms with Crippen LogP contribution in [-0.4, -0.2) is 23.9 Å². The third kappa shape index (κ3) is 2.82. The molecule has 84 valence electrons. The molecule has 1 unspecified atom stereocenters. The zero-order valence-corrected chi connectivity index (χ0v) is 11.9. The summed E-state index contributed by atoms with van der Waals surface area (Å²) in [5, 5.41) is 1.92. The fourth-order valence-corrected chi connectivity index (χ4v) is 2.76. The van der Waals surface area contributed by atoms with E-state index in [0.717, 1.165) is 9.35 Å². The SMILES string of the molecule is CC(C)C(C)N(C)C(=O)c1sccc1Br. The van der Waals surface area contributed by atoms with Crippen molar-refractivity contribution in [2.24, 2.45) is 5.92 Å². The molecule has 15 heavy (non-hydrogen) atoms. The lowest BCUT2D eigenvalue weighted by molar-refractivity contribution is 0.0711. The molecule has 0 aromatic carbocycles. The number of hydrogen-bond acceptors (Lipinski definition) is 2. The van der Waals surface area contributed by atoms with Crippen LogP contribution in [0.1, 0.15) is 30.4 Å². The average molecular weight is 290 g/mol. The van der Waals surface area contributed by atoms with Crippen molar-refractivity contribution in [2.75, 3.05) is 7.05 Å². The van der Waals surface area contributed by atoms with E-state index in [1.165, 1.54) is 11.3 Å². The minimum atomic E-state index is 0.0954. The molecule has 0 radical (unpaired) electrons. The quantitative estimate of drug-likeness (QED) is 0.832. The van der Waals surface area contributed by atoms with Gasteiger partial charge in [0.05, 0.1) is 0 Å². The van der Waals surface area contributed by atoms with Gasteiger partial charge in [0, 0.05) is 17.6 Å². The Morgan fingerprint density at radius 2 is 2.07 bits per heavy atom. The normalized spacial score (nSPS) is 12.9. The number of carbonyl (C=O) groups is 1. The van der Waals surface area contributed by atoms with Crippen LogP contribution in [0, 0.1) is 5.92 Å². The van der Waals surface area contributed by atoms with Crippen LogP contribution in [-0.2, 0) is 0 Å². The molecule has 1 atom stereocenters. The lowest BCUT2D eigenvalue weighted by atomic mass is 10.1. The van der Waals surface area contributed by atoms with Gasteiger partial charge in [-0.2, -0.15) is 0 Å². The summed E-state index contributed by atoms with van der Waals surface area (Å²) in [6.45, 7) is 6.32. The second-order valence-corrected chi connectivity index (χ2v) is 5.77. The van der Waals surface area contributed by atoms with Gasteiger partial charge in [-0.15, -0.1) is 11.3 Å². The Bertz CT molecular complexity index is 348. The highest BCUT2D eigenvalue weighted by atomic mass is 79.9. The highest BCUT2D eigenvalue weighted by Gasteiger charge is 2.22. The molecule has 1 rings (SSSR count). The molecule has 1 amide bonds. The molecule has 0 bridgehead atoms. The van der Waals surface area contributed by atoms with Crippen molar-refractivity contribution >= 4 is 33.2 Å². The van der Waals surface area contributed by atoms with E-state index >= 15 is 0 Å². The van der Waals surface area contributed by atoms with Gasteiger partial charge in [-0.25, -0.2) is 0 Å². The molecular weight excluding hydrogens is 274 g/mol. The summed E-state index contributed by atoms with van der Waals surface area (Å²) < 4.78 is 0.889. The highest BCUT2D eigenvalue weighted by Crippen LogP contribution is 2.25. The summed E-state index contributed by atoms with van der Waals surface area (Å²) in [6.07, 6.45) is 0. The fourth-order valence-electron chi connectivity index (χ4n) is 1.24. The molecule has 1 heterocycles. The summed E-state index contributed by atoms with van der Waals surface area (Å²) in [5.41, 5.74) is 0. The van der Waals surface area contributed by atoms with E-state index in [0.29, 0.717) is 5.92 Å². The standard InChI is InChI=1S/C11H16BrNOS/c1-7(2)8(3)13(4)11(14)10-9(12)5-6-15-10/h5-8H,1-4H3. The van der Waals surface area contributed by atoms with Crippen molar-refractivity contribution in [3.63, 3.8) is 0 Å². The number of nitrogens with zero attached hydrogens (tertiary/aromatic N) is 1. The molecule has 0 fully saturated rings. The predicted octanol–water partition coefficient (Wildman–Crippen LogP) is 3.63. The van der Waals surface area contributed by atoms with Crippen LogP contribution in [0.4, 0.5) is 0 Å². The van der Waals surface area contributed by atoms with Gasteiger partial charge in [-0.05, 0) is 40.2 Å². The second-order valence-electron chi connectivity index (χ2n) is 4.00. The first-order valence-electron chi connectivity index (χ1n) is 4.95. The van der Waals surface area contributed by atoms with Gasteiger partial charge >= 0.3 is 0 Å². The van der Waals surface area contributed by atoms with E-state index in [1.807, 2.05) is 18.5 Å². The van der Waals surface area contributed by atoms with Crippen LogP contribution in [0.2, 0.25) is 0 Å². The maximum Gasteiger partial charge on any atom is 0.265 e. The highest BCUT2D eigenvalue weighted by molar-refractivity contribution is 9.10. The molecule has 0 saturated carbocycles. The van der Waals surface area contributed by atoms with Crippen LogP contribution in [0.5, 0.6) is 0 Å². The minimum Gasteiger partial charge on any atom is -0.338 e. The van der Waals surface area contributed by atoms with Gasteiger partial charge in [0.1, 0.15) is 4.88 Å². The van der Waals surface area contributed by atoms with Gasteiger partial charge in [0.2, 0.25) is 0 Å². The Labute approximate surface area is 103 Å². The fraction of sp³-hybridized carbons (Fsp3) is 0.545. The molecule has 0 aliphatic heterocycles. The van der Waals surface area contributed by atoms with Crippen molar-refractivity contribution in [2.45, 2.75) is 26.8 Å². The van der Waals surface area contributed by atoms with Crippen LogP contribution < -0.4 is 0 Å². The van der Waals surface area contributed by atoms with Gasteiger partial charge < -0.3 is 4.90 Å². The van der Waals surface area contributed by atoms with E-state index in [2.05, 4.69) is 36.7 Å². The van der Waals surface area contributed by atoms with Crippen LogP contribution >= 0.6 is 27.3 Å².